The SMILES string of the molecule is COc1ccc(C)cc1N1CC(C(=O)NCCN2C(=O)SC(=Cc3ccccc3)C2=O)CC1=O. The molecule has 2 aliphatic rings. The van der Waals surface area contributed by atoms with Crippen LogP contribution in [0.15, 0.2) is 53.4 Å². The van der Waals surface area contributed by atoms with Crippen LogP contribution in [-0.2, 0) is 14.4 Å². The van der Waals surface area contributed by atoms with Gasteiger partial charge in [0.2, 0.25) is 11.8 Å². The molecule has 0 bridgehead atoms. The second kappa shape index (κ2) is 10.1. The highest BCUT2D eigenvalue weighted by molar-refractivity contribution is 8.18. The number of hydrogen-bond donors (Lipinski definition) is 1. The summed E-state index contributed by atoms with van der Waals surface area (Å²) >= 11 is 0.886. The van der Waals surface area contributed by atoms with Gasteiger partial charge in [-0.2, -0.15) is 0 Å². The van der Waals surface area contributed by atoms with Crippen molar-refractivity contribution in [2.45, 2.75) is 13.3 Å². The summed E-state index contributed by atoms with van der Waals surface area (Å²) < 4.78 is 5.37. The van der Waals surface area contributed by atoms with Crippen LogP contribution in [0.2, 0.25) is 0 Å². The van der Waals surface area contributed by atoms with Crippen LogP contribution < -0.4 is 15.0 Å². The van der Waals surface area contributed by atoms with Gasteiger partial charge in [-0.05, 0) is 48.0 Å². The average molecular weight is 480 g/mol. The topological polar surface area (TPSA) is 96.0 Å². The van der Waals surface area contributed by atoms with Crippen molar-refractivity contribution in [1.29, 1.82) is 0 Å². The summed E-state index contributed by atoms with van der Waals surface area (Å²) in [5, 5.41) is 2.40. The van der Waals surface area contributed by atoms with E-state index < -0.39 is 5.92 Å². The average Bonchev–Trinajstić information content (AvgIpc) is 3.34. The number of ether oxygens (including phenoxy) is 1. The summed E-state index contributed by atoms with van der Waals surface area (Å²) in [4.78, 5) is 53.3. The zero-order valence-corrected chi connectivity index (χ0v) is 19.8. The van der Waals surface area contributed by atoms with E-state index in [9.17, 15) is 19.2 Å². The minimum atomic E-state index is -0.523. The Morgan fingerprint density at radius 2 is 1.94 bits per heavy atom. The standard InChI is InChI=1S/C25H25N3O5S/c1-16-8-9-20(33-2)19(12-16)28-15-18(14-22(28)29)23(30)26-10-11-27-24(31)21(34-25(27)32)13-17-6-4-3-5-7-17/h3-9,12-13,18H,10-11,14-15H2,1-2H3,(H,26,30). The van der Waals surface area contributed by atoms with E-state index in [0.717, 1.165) is 27.8 Å². The molecule has 0 aromatic heterocycles. The van der Waals surface area contributed by atoms with Gasteiger partial charge in [0.05, 0.1) is 23.6 Å². The number of thioether (sulfide) groups is 1. The summed E-state index contributed by atoms with van der Waals surface area (Å²) in [6.45, 7) is 2.35. The smallest absolute Gasteiger partial charge is 0.293 e. The van der Waals surface area contributed by atoms with Crippen LogP contribution in [0.25, 0.3) is 6.08 Å². The van der Waals surface area contributed by atoms with Crippen LogP contribution >= 0.6 is 11.8 Å². The Balaban J connectivity index is 1.33. The van der Waals surface area contributed by atoms with E-state index in [-0.39, 0.29) is 49.0 Å². The number of nitrogens with zero attached hydrogens (tertiary/aromatic N) is 2. The number of imide groups is 1. The number of nitrogens with one attached hydrogen (secondary N) is 1. The predicted octanol–water partition coefficient (Wildman–Crippen LogP) is 3.21. The first-order valence-corrected chi connectivity index (χ1v) is 11.7. The van der Waals surface area contributed by atoms with E-state index in [2.05, 4.69) is 5.32 Å². The molecule has 1 N–H and O–H groups in total. The molecule has 0 aliphatic carbocycles. The fourth-order valence-electron chi connectivity index (χ4n) is 3.96. The van der Waals surface area contributed by atoms with Gasteiger partial charge in [-0.1, -0.05) is 36.4 Å². The Kier molecular flexibility index (Phi) is 7.02. The second-order valence-corrected chi connectivity index (χ2v) is 9.11. The quantitative estimate of drug-likeness (QED) is 0.613. The van der Waals surface area contributed by atoms with Gasteiger partial charge in [0.15, 0.2) is 0 Å². The normalized spacial score (nSPS) is 19.3. The van der Waals surface area contributed by atoms with Crippen molar-refractivity contribution in [2.75, 3.05) is 31.6 Å². The van der Waals surface area contributed by atoms with Crippen molar-refractivity contribution < 1.29 is 23.9 Å². The molecular formula is C25H25N3O5S. The minimum absolute atomic E-state index is 0.0681. The van der Waals surface area contributed by atoms with Crippen LogP contribution in [0, 0.1) is 12.8 Å². The number of amides is 4. The summed E-state index contributed by atoms with van der Waals surface area (Å²) in [6.07, 6.45) is 1.77. The molecular weight excluding hydrogens is 454 g/mol. The van der Waals surface area contributed by atoms with Crippen LogP contribution in [0.5, 0.6) is 5.75 Å². The first kappa shape index (κ1) is 23.6. The van der Waals surface area contributed by atoms with Crippen molar-refractivity contribution >= 4 is 46.5 Å². The zero-order valence-electron chi connectivity index (χ0n) is 18.9. The van der Waals surface area contributed by atoms with Gasteiger partial charge in [0.25, 0.3) is 11.1 Å². The molecule has 2 saturated heterocycles. The van der Waals surface area contributed by atoms with Gasteiger partial charge in [-0.25, -0.2) is 0 Å². The van der Waals surface area contributed by atoms with Crippen LogP contribution in [0.1, 0.15) is 17.5 Å². The lowest BCUT2D eigenvalue weighted by Crippen LogP contribution is -2.40. The lowest BCUT2D eigenvalue weighted by atomic mass is 10.1. The molecule has 8 nitrogen and oxygen atoms in total. The number of hydrogen-bond acceptors (Lipinski definition) is 6. The number of benzene rings is 2. The van der Waals surface area contributed by atoms with E-state index in [4.69, 9.17) is 4.74 Å². The van der Waals surface area contributed by atoms with Crippen LogP contribution in [0.3, 0.4) is 0 Å². The monoisotopic (exact) mass is 479 g/mol. The van der Waals surface area contributed by atoms with E-state index in [1.54, 1.807) is 24.2 Å². The molecule has 0 saturated carbocycles. The Labute approximate surface area is 201 Å². The highest BCUT2D eigenvalue weighted by atomic mass is 32.2. The third-order valence-electron chi connectivity index (χ3n) is 5.73. The van der Waals surface area contributed by atoms with Crippen molar-refractivity contribution in [3.63, 3.8) is 0 Å². The number of methoxy groups -OCH3 is 1. The van der Waals surface area contributed by atoms with Crippen molar-refractivity contribution in [1.82, 2.24) is 10.2 Å². The first-order chi connectivity index (χ1) is 16.4. The molecule has 0 radical (unpaired) electrons. The summed E-state index contributed by atoms with van der Waals surface area (Å²) in [6, 6.07) is 14.9. The van der Waals surface area contributed by atoms with Gasteiger partial charge in [-0.3, -0.25) is 24.1 Å². The summed E-state index contributed by atoms with van der Waals surface area (Å²) in [7, 11) is 1.54. The molecule has 4 amide bonds. The molecule has 2 aromatic carbocycles. The molecule has 2 heterocycles. The first-order valence-electron chi connectivity index (χ1n) is 10.9. The third-order valence-corrected chi connectivity index (χ3v) is 6.63. The van der Waals surface area contributed by atoms with E-state index in [1.807, 2.05) is 49.4 Å². The molecule has 34 heavy (non-hydrogen) atoms. The number of rotatable bonds is 7. The summed E-state index contributed by atoms with van der Waals surface area (Å²) in [5.74, 6) is -0.759. The van der Waals surface area contributed by atoms with Crippen molar-refractivity contribution in [3.8, 4) is 5.75 Å². The largest absolute Gasteiger partial charge is 0.495 e. The maximum atomic E-state index is 12.7. The molecule has 9 heteroatoms. The Morgan fingerprint density at radius 3 is 2.68 bits per heavy atom. The van der Waals surface area contributed by atoms with Gasteiger partial charge in [0.1, 0.15) is 5.75 Å². The van der Waals surface area contributed by atoms with Crippen LogP contribution in [0.4, 0.5) is 10.5 Å². The molecule has 1 atom stereocenters. The van der Waals surface area contributed by atoms with Gasteiger partial charge in [-0.15, -0.1) is 0 Å². The van der Waals surface area contributed by atoms with Gasteiger partial charge >= 0.3 is 0 Å². The Bertz CT molecular complexity index is 1160. The highest BCUT2D eigenvalue weighted by Crippen LogP contribution is 2.34. The van der Waals surface area contributed by atoms with E-state index in [1.165, 1.54) is 0 Å². The molecule has 4 rings (SSSR count). The lowest BCUT2D eigenvalue weighted by molar-refractivity contribution is -0.127. The molecule has 176 valence electrons. The number of carbonyl (C=O) groups excluding carboxylic acids is 4. The fraction of sp³-hybridized carbons (Fsp3) is 0.280. The predicted molar refractivity (Wildman–Crippen MR) is 130 cm³/mol. The lowest BCUT2D eigenvalue weighted by Gasteiger charge is -2.20. The molecule has 2 aromatic rings. The molecule has 1 unspecified atom stereocenters. The number of anilines is 1. The number of carbonyl (C=O) groups is 4. The van der Waals surface area contributed by atoms with E-state index in [0.29, 0.717) is 16.3 Å². The molecule has 0 spiro atoms. The minimum Gasteiger partial charge on any atom is -0.495 e. The maximum absolute atomic E-state index is 12.7. The van der Waals surface area contributed by atoms with Crippen molar-refractivity contribution in [2.24, 2.45) is 5.92 Å². The number of aryl methyl sites for hydroxylation is 1. The van der Waals surface area contributed by atoms with Crippen LogP contribution in [-0.4, -0.2) is 54.6 Å². The highest BCUT2D eigenvalue weighted by Gasteiger charge is 2.37. The van der Waals surface area contributed by atoms with Gasteiger partial charge in [0, 0.05) is 26.1 Å². The Morgan fingerprint density at radius 1 is 1.18 bits per heavy atom. The van der Waals surface area contributed by atoms with Crippen molar-refractivity contribution in [3.05, 3.63) is 64.6 Å². The third kappa shape index (κ3) is 4.99. The van der Waals surface area contributed by atoms with E-state index >= 15 is 0 Å². The molecule has 2 fully saturated rings. The molecule has 2 aliphatic heterocycles. The summed E-state index contributed by atoms with van der Waals surface area (Å²) in [5.41, 5.74) is 2.46. The second-order valence-electron chi connectivity index (χ2n) is 8.12. The van der Waals surface area contributed by atoms with Gasteiger partial charge < -0.3 is 15.0 Å². The Hall–Kier alpha value is -3.59. The zero-order chi connectivity index (χ0) is 24.2. The fourth-order valence-corrected chi connectivity index (χ4v) is 4.82. The maximum Gasteiger partial charge on any atom is 0.293 e.